The number of nitrogens with two attached hydrogens (primary N) is 1. The molecule has 0 aromatic heterocycles. The van der Waals surface area contributed by atoms with Gasteiger partial charge in [-0.05, 0) is 29.7 Å². The number of aliphatic hydroxyl groups is 1. The lowest BCUT2D eigenvalue weighted by Gasteiger charge is -2.12. The molecule has 0 aliphatic carbocycles. The van der Waals surface area contributed by atoms with Crippen molar-refractivity contribution in [1.82, 2.24) is 0 Å². The van der Waals surface area contributed by atoms with Crippen LogP contribution < -0.4 is 10.5 Å². The number of benzene rings is 2. The fourth-order valence-corrected chi connectivity index (χ4v) is 2.06. The van der Waals surface area contributed by atoms with Gasteiger partial charge in [-0.3, -0.25) is 0 Å². The summed E-state index contributed by atoms with van der Waals surface area (Å²) in [5, 5.41) is 11.1. The van der Waals surface area contributed by atoms with Crippen molar-refractivity contribution in [1.29, 1.82) is 0 Å². The molecule has 0 radical (unpaired) electrons. The highest BCUT2D eigenvalue weighted by molar-refractivity contribution is 5.87. The van der Waals surface area contributed by atoms with E-state index in [1.165, 1.54) is 5.39 Å². The Hall–Kier alpha value is -1.58. The van der Waals surface area contributed by atoms with E-state index in [4.69, 9.17) is 15.6 Å². The Morgan fingerprint density at radius 1 is 1.06 bits per heavy atom. The van der Waals surface area contributed by atoms with Crippen molar-refractivity contribution in [2.45, 2.75) is 19.4 Å². The van der Waals surface area contributed by atoms with Crippen molar-refractivity contribution in [3.8, 4) is 5.75 Å². The Labute approximate surface area is 107 Å². The summed E-state index contributed by atoms with van der Waals surface area (Å²) < 4.78 is 5.75. The lowest BCUT2D eigenvalue weighted by atomic mass is 10.0. The second-order valence-corrected chi connectivity index (χ2v) is 4.25. The fraction of sp³-hybridized carbons (Fsp3) is 0.333. The monoisotopic (exact) mass is 245 g/mol. The van der Waals surface area contributed by atoms with E-state index in [2.05, 4.69) is 18.2 Å². The third-order valence-electron chi connectivity index (χ3n) is 3.01. The Balaban J connectivity index is 2.22. The summed E-state index contributed by atoms with van der Waals surface area (Å²) in [6, 6.07) is 12.2. The number of fused-ring (bicyclic) bond motifs is 1. The average Bonchev–Trinajstić information content (AvgIpc) is 2.43. The first-order chi connectivity index (χ1) is 8.86. The maximum atomic E-state index is 8.73. The van der Waals surface area contributed by atoms with E-state index in [0.717, 1.165) is 29.5 Å². The molecule has 2 aromatic rings. The van der Waals surface area contributed by atoms with Crippen LogP contribution in [0.25, 0.3) is 10.8 Å². The van der Waals surface area contributed by atoms with Gasteiger partial charge in [0.1, 0.15) is 5.75 Å². The Morgan fingerprint density at radius 3 is 2.67 bits per heavy atom. The third kappa shape index (κ3) is 2.81. The van der Waals surface area contributed by atoms with Gasteiger partial charge in [0, 0.05) is 18.7 Å². The van der Waals surface area contributed by atoms with Crippen LogP contribution >= 0.6 is 0 Å². The normalized spacial score (nSPS) is 10.8. The zero-order valence-corrected chi connectivity index (χ0v) is 10.4. The highest BCUT2D eigenvalue weighted by Gasteiger charge is 2.06. The van der Waals surface area contributed by atoms with Crippen molar-refractivity contribution < 1.29 is 9.84 Å². The smallest absolute Gasteiger partial charge is 0.124 e. The first-order valence-electron chi connectivity index (χ1n) is 6.31. The van der Waals surface area contributed by atoms with Crippen LogP contribution in [0.15, 0.2) is 36.4 Å². The van der Waals surface area contributed by atoms with E-state index >= 15 is 0 Å². The van der Waals surface area contributed by atoms with Crippen LogP contribution in [0.5, 0.6) is 5.75 Å². The van der Waals surface area contributed by atoms with E-state index in [-0.39, 0.29) is 6.61 Å². The van der Waals surface area contributed by atoms with Gasteiger partial charge in [-0.2, -0.15) is 0 Å². The second kappa shape index (κ2) is 6.38. The number of aliphatic hydroxyl groups excluding tert-OH is 1. The van der Waals surface area contributed by atoms with E-state index in [0.29, 0.717) is 13.2 Å². The Morgan fingerprint density at radius 2 is 1.89 bits per heavy atom. The van der Waals surface area contributed by atoms with Crippen molar-refractivity contribution in [3.05, 3.63) is 42.0 Å². The lowest BCUT2D eigenvalue weighted by molar-refractivity contribution is 0.252. The highest BCUT2D eigenvalue weighted by Crippen LogP contribution is 2.27. The minimum atomic E-state index is 0.213. The topological polar surface area (TPSA) is 55.5 Å². The quantitative estimate of drug-likeness (QED) is 0.769. The van der Waals surface area contributed by atoms with E-state index in [1.807, 2.05) is 18.2 Å². The van der Waals surface area contributed by atoms with Crippen LogP contribution in [0.4, 0.5) is 0 Å². The summed E-state index contributed by atoms with van der Waals surface area (Å²) in [5.41, 5.74) is 6.88. The SMILES string of the molecule is NCc1c(OCCCCO)ccc2ccccc12. The number of ether oxygens (including phenoxy) is 1. The van der Waals surface area contributed by atoms with Gasteiger partial charge < -0.3 is 15.6 Å². The minimum Gasteiger partial charge on any atom is -0.493 e. The van der Waals surface area contributed by atoms with Crippen LogP contribution in [-0.2, 0) is 6.54 Å². The lowest BCUT2D eigenvalue weighted by Crippen LogP contribution is -2.05. The van der Waals surface area contributed by atoms with Gasteiger partial charge in [-0.15, -0.1) is 0 Å². The molecule has 3 nitrogen and oxygen atoms in total. The molecule has 0 aliphatic rings. The maximum absolute atomic E-state index is 8.73. The molecule has 0 spiro atoms. The zero-order valence-electron chi connectivity index (χ0n) is 10.4. The second-order valence-electron chi connectivity index (χ2n) is 4.25. The van der Waals surface area contributed by atoms with Gasteiger partial charge in [0.15, 0.2) is 0 Å². The first-order valence-corrected chi connectivity index (χ1v) is 6.31. The Bertz CT molecular complexity index is 511. The third-order valence-corrected chi connectivity index (χ3v) is 3.01. The molecule has 0 aliphatic heterocycles. The molecular formula is C15H19NO2. The molecule has 0 atom stereocenters. The van der Waals surface area contributed by atoms with Crippen LogP contribution in [-0.4, -0.2) is 18.3 Å². The molecule has 3 N–H and O–H groups in total. The molecule has 0 saturated carbocycles. The maximum Gasteiger partial charge on any atom is 0.124 e. The molecular weight excluding hydrogens is 226 g/mol. The summed E-state index contributed by atoms with van der Waals surface area (Å²) in [4.78, 5) is 0. The van der Waals surface area contributed by atoms with E-state index in [9.17, 15) is 0 Å². The number of unbranched alkanes of at least 4 members (excludes halogenated alkanes) is 1. The molecule has 0 fully saturated rings. The van der Waals surface area contributed by atoms with Gasteiger partial charge in [0.05, 0.1) is 6.61 Å². The molecule has 96 valence electrons. The molecule has 0 heterocycles. The molecule has 2 aromatic carbocycles. The molecule has 18 heavy (non-hydrogen) atoms. The summed E-state index contributed by atoms with van der Waals surface area (Å²) in [6.07, 6.45) is 1.62. The molecule has 2 rings (SSSR count). The van der Waals surface area contributed by atoms with Crippen molar-refractivity contribution in [3.63, 3.8) is 0 Å². The summed E-state index contributed by atoms with van der Waals surface area (Å²) in [5.74, 6) is 0.856. The predicted octanol–water partition coefficient (Wildman–Crippen LogP) is 2.45. The molecule has 0 bridgehead atoms. The largest absolute Gasteiger partial charge is 0.493 e. The van der Waals surface area contributed by atoms with E-state index < -0.39 is 0 Å². The van der Waals surface area contributed by atoms with Gasteiger partial charge in [0.2, 0.25) is 0 Å². The first kappa shape index (κ1) is 12.9. The summed E-state index contributed by atoms with van der Waals surface area (Å²) >= 11 is 0. The molecule has 0 saturated heterocycles. The van der Waals surface area contributed by atoms with Crippen LogP contribution in [0.1, 0.15) is 18.4 Å². The molecule has 0 amide bonds. The zero-order chi connectivity index (χ0) is 12.8. The van der Waals surface area contributed by atoms with Crippen molar-refractivity contribution >= 4 is 10.8 Å². The van der Waals surface area contributed by atoms with E-state index in [1.54, 1.807) is 0 Å². The van der Waals surface area contributed by atoms with Crippen molar-refractivity contribution in [2.24, 2.45) is 5.73 Å². The predicted molar refractivity (Wildman–Crippen MR) is 73.7 cm³/mol. The standard InChI is InChI=1S/C15H19NO2/c16-11-14-13-6-2-1-5-12(13)7-8-15(14)18-10-4-3-9-17/h1-2,5-8,17H,3-4,9-11,16H2. The van der Waals surface area contributed by atoms with Crippen molar-refractivity contribution in [2.75, 3.05) is 13.2 Å². The van der Waals surface area contributed by atoms with Gasteiger partial charge >= 0.3 is 0 Å². The fourth-order valence-electron chi connectivity index (χ4n) is 2.06. The van der Waals surface area contributed by atoms with Crippen LogP contribution in [0, 0.1) is 0 Å². The molecule has 3 heteroatoms. The van der Waals surface area contributed by atoms with Gasteiger partial charge in [-0.25, -0.2) is 0 Å². The average molecular weight is 245 g/mol. The van der Waals surface area contributed by atoms with Crippen LogP contribution in [0.2, 0.25) is 0 Å². The summed E-state index contributed by atoms with van der Waals surface area (Å²) in [7, 11) is 0. The van der Waals surface area contributed by atoms with Gasteiger partial charge in [0.25, 0.3) is 0 Å². The number of hydrogen-bond acceptors (Lipinski definition) is 3. The van der Waals surface area contributed by atoms with Crippen LogP contribution in [0.3, 0.4) is 0 Å². The molecule has 0 unspecified atom stereocenters. The Kier molecular flexibility index (Phi) is 4.56. The highest BCUT2D eigenvalue weighted by atomic mass is 16.5. The number of hydrogen-bond donors (Lipinski definition) is 2. The summed E-state index contributed by atoms with van der Waals surface area (Å²) in [6.45, 7) is 1.30. The van der Waals surface area contributed by atoms with Gasteiger partial charge in [-0.1, -0.05) is 30.3 Å². The number of rotatable bonds is 6. The minimum absolute atomic E-state index is 0.213.